The van der Waals surface area contributed by atoms with E-state index in [0.29, 0.717) is 19.4 Å². The molecule has 0 aromatic heterocycles. The fourth-order valence-electron chi connectivity index (χ4n) is 6.64. The Labute approximate surface area is 281 Å². The Hall–Kier alpha value is -4.42. The van der Waals surface area contributed by atoms with E-state index in [4.69, 9.17) is 23.7 Å². The minimum Gasteiger partial charge on any atom is -0.467 e. The molecule has 12 heteroatoms. The Morgan fingerprint density at radius 2 is 1.31 bits per heavy atom. The van der Waals surface area contributed by atoms with E-state index in [-0.39, 0.29) is 37.4 Å². The summed E-state index contributed by atoms with van der Waals surface area (Å²) in [5.41, 5.74) is 2.28. The molecule has 3 saturated heterocycles. The predicted molar refractivity (Wildman–Crippen MR) is 174 cm³/mol. The summed E-state index contributed by atoms with van der Waals surface area (Å²) in [6.07, 6.45) is -0.991. The fraction of sp³-hybridized carbons (Fsp3) is 0.500. The highest BCUT2D eigenvalue weighted by atomic mass is 16.6. The van der Waals surface area contributed by atoms with Crippen molar-refractivity contribution >= 4 is 24.1 Å². The number of benzene rings is 2. The van der Waals surface area contributed by atoms with Gasteiger partial charge in [-0.3, -0.25) is 9.80 Å². The highest BCUT2D eigenvalue weighted by Gasteiger charge is 2.56. The first-order valence-corrected chi connectivity index (χ1v) is 16.0. The van der Waals surface area contributed by atoms with Gasteiger partial charge >= 0.3 is 24.1 Å². The van der Waals surface area contributed by atoms with Gasteiger partial charge in [0.15, 0.2) is 0 Å². The van der Waals surface area contributed by atoms with Crippen LogP contribution in [0, 0.1) is 11.8 Å². The van der Waals surface area contributed by atoms with Crippen LogP contribution in [0.2, 0.25) is 0 Å². The molecular weight excluding hydrogens is 620 g/mol. The van der Waals surface area contributed by atoms with Crippen LogP contribution in [0.25, 0.3) is 0 Å². The van der Waals surface area contributed by atoms with Gasteiger partial charge in [-0.05, 0) is 44.7 Å². The molecule has 1 N–H and O–H groups in total. The Balaban J connectivity index is 0.000000217. The minimum absolute atomic E-state index is 0.0331. The van der Waals surface area contributed by atoms with Gasteiger partial charge in [-0.15, -0.1) is 6.58 Å². The lowest BCUT2D eigenvalue weighted by Gasteiger charge is -2.27. The highest BCUT2D eigenvalue weighted by molar-refractivity contribution is 5.83. The van der Waals surface area contributed by atoms with Crippen molar-refractivity contribution in [3.8, 4) is 0 Å². The molecule has 2 aromatic carbocycles. The zero-order chi connectivity index (χ0) is 35.0. The molecule has 3 aliphatic heterocycles. The minimum atomic E-state index is -0.870. The molecule has 6 atom stereocenters. The van der Waals surface area contributed by atoms with E-state index in [9.17, 15) is 24.3 Å². The molecule has 48 heavy (non-hydrogen) atoms. The van der Waals surface area contributed by atoms with E-state index in [1.165, 1.54) is 24.0 Å². The van der Waals surface area contributed by atoms with Gasteiger partial charge in [0.25, 0.3) is 0 Å². The monoisotopic (exact) mass is 666 g/mol. The molecule has 12 nitrogen and oxygen atoms in total. The average molecular weight is 667 g/mol. The third kappa shape index (κ3) is 8.93. The first kappa shape index (κ1) is 36.4. The number of β-amino-alcohol motifs (C(OH)–C–C–N with tert-alkyl or cyclic N) is 1. The van der Waals surface area contributed by atoms with Crippen molar-refractivity contribution in [1.82, 2.24) is 9.80 Å². The molecule has 3 heterocycles. The summed E-state index contributed by atoms with van der Waals surface area (Å²) in [6, 6.07) is 17.2. The van der Waals surface area contributed by atoms with Gasteiger partial charge in [-0.2, -0.15) is 0 Å². The maximum atomic E-state index is 12.5. The third-order valence-corrected chi connectivity index (χ3v) is 8.76. The molecule has 0 radical (unpaired) electrons. The van der Waals surface area contributed by atoms with Crippen LogP contribution in [-0.4, -0.2) is 96.2 Å². The van der Waals surface area contributed by atoms with E-state index in [0.717, 1.165) is 16.7 Å². The smallest absolute Gasteiger partial charge is 0.410 e. The van der Waals surface area contributed by atoms with Crippen molar-refractivity contribution in [1.29, 1.82) is 0 Å². The molecule has 2 amide bonds. The number of allylic oxidation sites excluding steroid dienone is 1. The second-order valence-corrected chi connectivity index (χ2v) is 13.0. The SMILES string of the molecule is C=C(C)C[C@@H]1[C@@H](C(=O)OC)N(C(=O)OCc2ccccc2)C[C@@H]1O.COC(=O)[C@@H]1[C@H]2CC(C)(C)OC2CN1C(=O)OCc1ccccc1. The fourth-order valence-corrected chi connectivity index (χ4v) is 6.64. The molecule has 0 spiro atoms. The Morgan fingerprint density at radius 3 is 1.79 bits per heavy atom. The third-order valence-electron chi connectivity index (χ3n) is 8.76. The molecule has 1 unspecified atom stereocenters. The van der Waals surface area contributed by atoms with Gasteiger partial charge in [0.2, 0.25) is 0 Å². The number of fused-ring (bicyclic) bond motifs is 1. The number of hydrogen-bond acceptors (Lipinski definition) is 10. The van der Waals surface area contributed by atoms with Crippen LogP contribution >= 0.6 is 0 Å². The second-order valence-electron chi connectivity index (χ2n) is 13.0. The first-order valence-electron chi connectivity index (χ1n) is 16.0. The van der Waals surface area contributed by atoms with Gasteiger partial charge in [0.1, 0.15) is 25.3 Å². The normalized spacial score (nSPS) is 25.3. The zero-order valence-electron chi connectivity index (χ0n) is 28.2. The quantitative estimate of drug-likeness (QED) is 0.244. The lowest BCUT2D eigenvalue weighted by Crippen LogP contribution is -2.45. The summed E-state index contributed by atoms with van der Waals surface area (Å²) in [6.45, 7) is 10.3. The van der Waals surface area contributed by atoms with Gasteiger partial charge in [-0.1, -0.05) is 66.2 Å². The molecule has 3 fully saturated rings. The maximum Gasteiger partial charge on any atom is 0.410 e. The van der Waals surface area contributed by atoms with E-state index < -0.39 is 48.2 Å². The van der Waals surface area contributed by atoms with Crippen LogP contribution in [0.4, 0.5) is 9.59 Å². The van der Waals surface area contributed by atoms with Crippen molar-refractivity contribution in [2.75, 3.05) is 27.3 Å². The number of aliphatic hydroxyl groups excluding tert-OH is 1. The number of aliphatic hydroxyl groups is 1. The largest absolute Gasteiger partial charge is 0.467 e. The van der Waals surface area contributed by atoms with Crippen molar-refractivity contribution in [2.24, 2.45) is 11.8 Å². The van der Waals surface area contributed by atoms with E-state index >= 15 is 0 Å². The average Bonchev–Trinajstić information content (AvgIpc) is 3.69. The van der Waals surface area contributed by atoms with Crippen LogP contribution in [0.3, 0.4) is 0 Å². The van der Waals surface area contributed by atoms with Crippen molar-refractivity contribution in [2.45, 2.75) is 76.7 Å². The molecular formula is C36H46N2O10. The number of amides is 2. The lowest BCUT2D eigenvalue weighted by molar-refractivity contribution is -0.147. The second kappa shape index (κ2) is 16.1. The molecule has 260 valence electrons. The van der Waals surface area contributed by atoms with Crippen LogP contribution < -0.4 is 0 Å². The van der Waals surface area contributed by atoms with Crippen molar-refractivity contribution in [3.05, 3.63) is 83.9 Å². The van der Waals surface area contributed by atoms with Crippen LogP contribution in [0.5, 0.6) is 0 Å². The van der Waals surface area contributed by atoms with Crippen molar-refractivity contribution < 1.29 is 48.0 Å². The number of ether oxygens (including phenoxy) is 5. The van der Waals surface area contributed by atoms with E-state index in [1.54, 1.807) is 0 Å². The summed E-state index contributed by atoms with van der Waals surface area (Å²) in [7, 11) is 2.60. The summed E-state index contributed by atoms with van der Waals surface area (Å²) < 4.78 is 26.4. The summed E-state index contributed by atoms with van der Waals surface area (Å²) >= 11 is 0. The molecule has 0 bridgehead atoms. The maximum absolute atomic E-state index is 12.5. The summed E-state index contributed by atoms with van der Waals surface area (Å²) in [5.74, 6) is -1.48. The molecule has 2 aromatic rings. The number of nitrogens with zero attached hydrogens (tertiary/aromatic N) is 2. The molecule has 0 aliphatic carbocycles. The van der Waals surface area contributed by atoms with Crippen LogP contribution in [0.1, 0.15) is 44.7 Å². The number of likely N-dealkylation sites (tertiary alicyclic amines) is 2. The molecule has 3 aliphatic rings. The van der Waals surface area contributed by atoms with E-state index in [1.807, 2.05) is 81.4 Å². The number of esters is 2. The standard InChI is InChI=1S/2C18H23NO5/c1-18(2)9-13-14(24-18)10-19(15(13)16(20)22-3)17(21)23-11-12-7-5-4-6-8-12;1-12(2)9-14-15(20)10-19(16(14)17(21)23-3)18(22)24-11-13-7-5-4-6-8-13/h4-8,13-15H,9-11H2,1-3H3;4-8,14-16,20H,1,9-11H2,2-3H3/t13-,14?,15-;14-,15-,16-/m00/s1. The van der Waals surface area contributed by atoms with Gasteiger partial charge in [-0.25, -0.2) is 19.2 Å². The van der Waals surface area contributed by atoms with Gasteiger partial charge < -0.3 is 28.8 Å². The van der Waals surface area contributed by atoms with E-state index in [2.05, 4.69) is 6.58 Å². The van der Waals surface area contributed by atoms with Crippen LogP contribution in [-0.2, 0) is 46.5 Å². The first-order chi connectivity index (χ1) is 22.8. The number of carbonyl (C=O) groups is 4. The Bertz CT molecular complexity index is 1430. The Kier molecular flexibility index (Phi) is 12.2. The highest BCUT2D eigenvalue weighted by Crippen LogP contribution is 2.43. The Morgan fingerprint density at radius 1 is 0.833 bits per heavy atom. The summed E-state index contributed by atoms with van der Waals surface area (Å²) in [4.78, 5) is 51.9. The van der Waals surface area contributed by atoms with Gasteiger partial charge in [0.05, 0.1) is 45.1 Å². The van der Waals surface area contributed by atoms with Crippen molar-refractivity contribution in [3.63, 3.8) is 0 Å². The number of rotatable bonds is 8. The number of methoxy groups -OCH3 is 2. The molecule has 5 rings (SSSR count). The lowest BCUT2D eigenvalue weighted by atomic mass is 9.90. The zero-order valence-corrected chi connectivity index (χ0v) is 28.2. The number of hydrogen-bond donors (Lipinski definition) is 1. The number of carbonyl (C=O) groups excluding carboxylic acids is 4. The predicted octanol–water partition coefficient (Wildman–Crippen LogP) is 4.49. The topological polar surface area (TPSA) is 141 Å². The van der Waals surface area contributed by atoms with Gasteiger partial charge in [0, 0.05) is 11.8 Å². The van der Waals surface area contributed by atoms with Crippen LogP contribution in [0.15, 0.2) is 72.8 Å². The summed E-state index contributed by atoms with van der Waals surface area (Å²) in [5, 5.41) is 10.3. The molecule has 0 saturated carbocycles.